The van der Waals surface area contributed by atoms with E-state index < -0.39 is 0 Å². The quantitative estimate of drug-likeness (QED) is 0.387. The molecule has 0 radical (unpaired) electrons. The van der Waals surface area contributed by atoms with Crippen molar-refractivity contribution in [1.29, 1.82) is 0 Å². The van der Waals surface area contributed by atoms with Crippen molar-refractivity contribution in [3.05, 3.63) is 63.6 Å². The first kappa shape index (κ1) is 26.9. The highest BCUT2D eigenvalue weighted by molar-refractivity contribution is 6.42. The summed E-state index contributed by atoms with van der Waals surface area (Å²) in [4.78, 5) is 29.2. The predicted octanol–water partition coefficient (Wildman–Crippen LogP) is 4.99. The van der Waals surface area contributed by atoms with E-state index in [4.69, 9.17) is 32.7 Å². The van der Waals surface area contributed by atoms with Gasteiger partial charge in [0.1, 0.15) is 5.75 Å². The summed E-state index contributed by atoms with van der Waals surface area (Å²) in [6.07, 6.45) is 2.76. The van der Waals surface area contributed by atoms with E-state index in [1.807, 2.05) is 36.2 Å². The molecule has 1 saturated heterocycles. The maximum atomic E-state index is 13.4. The molecule has 1 unspecified atom stereocenters. The maximum absolute atomic E-state index is 13.4. The van der Waals surface area contributed by atoms with Gasteiger partial charge in [-0.05, 0) is 68.2 Å². The minimum absolute atomic E-state index is 0.00209. The van der Waals surface area contributed by atoms with Crippen molar-refractivity contribution in [3.63, 3.8) is 0 Å². The van der Waals surface area contributed by atoms with Crippen LogP contribution in [-0.4, -0.2) is 68.1 Å². The molecular formula is C28H34Cl2N2O4. The minimum atomic E-state index is -0.339. The van der Waals surface area contributed by atoms with Gasteiger partial charge in [-0.25, -0.2) is 0 Å². The van der Waals surface area contributed by atoms with Crippen LogP contribution in [0.2, 0.25) is 10.0 Å². The second kappa shape index (κ2) is 11.1. The molecule has 4 atom stereocenters. The molecule has 2 aliphatic rings. The normalized spacial score (nSPS) is 26.2. The van der Waals surface area contributed by atoms with Gasteiger partial charge < -0.3 is 19.3 Å². The number of ether oxygens (including phenoxy) is 2. The molecule has 0 bridgehead atoms. The topological polar surface area (TPSA) is 59.1 Å². The number of nitrogens with zero attached hydrogens (tertiary/aromatic N) is 2. The fraction of sp³-hybridized carbons (Fsp3) is 0.500. The van der Waals surface area contributed by atoms with Crippen LogP contribution in [0.15, 0.2) is 42.5 Å². The molecule has 1 aliphatic heterocycles. The van der Waals surface area contributed by atoms with E-state index >= 15 is 0 Å². The van der Waals surface area contributed by atoms with Crippen LogP contribution in [0.5, 0.6) is 5.75 Å². The number of piperidine rings is 1. The maximum Gasteiger partial charge on any atom is 0.308 e. The number of hydrogen-bond acceptors (Lipinski definition) is 5. The molecule has 6 nitrogen and oxygen atoms in total. The van der Waals surface area contributed by atoms with Crippen LogP contribution in [0.1, 0.15) is 37.3 Å². The Morgan fingerprint density at radius 3 is 2.64 bits per heavy atom. The Morgan fingerprint density at radius 2 is 1.94 bits per heavy atom. The van der Waals surface area contributed by atoms with Crippen LogP contribution >= 0.6 is 23.2 Å². The van der Waals surface area contributed by atoms with E-state index in [9.17, 15) is 9.59 Å². The van der Waals surface area contributed by atoms with Crippen molar-refractivity contribution in [2.75, 3.05) is 34.3 Å². The molecule has 0 N–H and O–H groups in total. The highest BCUT2D eigenvalue weighted by Crippen LogP contribution is 2.51. The predicted molar refractivity (Wildman–Crippen MR) is 142 cm³/mol. The first-order chi connectivity index (χ1) is 17.1. The van der Waals surface area contributed by atoms with Gasteiger partial charge in [0.05, 0.1) is 22.6 Å². The van der Waals surface area contributed by atoms with Gasteiger partial charge >= 0.3 is 5.97 Å². The lowest BCUT2D eigenvalue weighted by Gasteiger charge is -2.56. The Kier molecular flexibility index (Phi) is 8.30. The summed E-state index contributed by atoms with van der Waals surface area (Å²) in [5, 5.41) is 0.921. The number of amides is 1. The van der Waals surface area contributed by atoms with E-state index in [-0.39, 0.29) is 41.8 Å². The average Bonchev–Trinajstić information content (AvgIpc) is 2.85. The number of carbonyl (C=O) groups is 2. The largest absolute Gasteiger partial charge is 0.427 e. The number of benzene rings is 2. The van der Waals surface area contributed by atoms with Crippen LogP contribution in [0.25, 0.3) is 0 Å². The van der Waals surface area contributed by atoms with Gasteiger partial charge in [-0.3, -0.25) is 9.59 Å². The fourth-order valence-corrected chi connectivity index (χ4v) is 6.38. The van der Waals surface area contributed by atoms with Crippen molar-refractivity contribution in [2.24, 2.45) is 5.92 Å². The van der Waals surface area contributed by atoms with Gasteiger partial charge in [0.25, 0.3) is 0 Å². The molecule has 8 heteroatoms. The third kappa shape index (κ3) is 5.57. The lowest BCUT2D eigenvalue weighted by atomic mass is 9.56. The molecule has 1 aliphatic carbocycles. The Labute approximate surface area is 223 Å². The highest BCUT2D eigenvalue weighted by Gasteiger charge is 2.53. The third-order valence-electron chi connectivity index (χ3n) is 7.96. The van der Waals surface area contributed by atoms with Crippen molar-refractivity contribution < 1.29 is 19.1 Å². The summed E-state index contributed by atoms with van der Waals surface area (Å²) < 4.78 is 11.5. The zero-order valence-corrected chi connectivity index (χ0v) is 22.8. The van der Waals surface area contributed by atoms with Crippen LogP contribution in [0.3, 0.4) is 0 Å². The standard InChI is InChI=1S/C28H34Cl2N2O4/c1-18(33)36-22-7-5-6-20(14-22)28-10-11-31(2)17-23(28)26(35-4)15-21(16-28)32(3)27(34)13-19-8-9-24(29)25(30)12-19/h5-9,12,14,21,23,26H,10-11,13,15-17H2,1-4H3/t21-,23+,26?,28+/m1/s1. The molecule has 36 heavy (non-hydrogen) atoms. The molecule has 2 fully saturated rings. The Hall–Kier alpha value is -2.12. The van der Waals surface area contributed by atoms with Crippen LogP contribution in [-0.2, 0) is 26.2 Å². The van der Waals surface area contributed by atoms with Gasteiger partial charge in [-0.1, -0.05) is 41.4 Å². The number of likely N-dealkylation sites (tertiary alicyclic amines) is 1. The summed E-state index contributed by atoms with van der Waals surface area (Å²) in [5.41, 5.74) is 1.77. The van der Waals surface area contributed by atoms with Crippen LogP contribution in [0.4, 0.5) is 0 Å². The van der Waals surface area contributed by atoms with E-state index in [1.165, 1.54) is 6.92 Å². The number of rotatable bonds is 6. The van der Waals surface area contributed by atoms with E-state index in [0.717, 1.165) is 43.5 Å². The molecule has 2 aromatic rings. The molecule has 1 saturated carbocycles. The monoisotopic (exact) mass is 532 g/mol. The zero-order chi connectivity index (χ0) is 26.0. The molecule has 194 valence electrons. The second-order valence-electron chi connectivity index (χ2n) is 10.2. The molecule has 4 rings (SSSR count). The van der Waals surface area contributed by atoms with Gasteiger partial charge in [-0.2, -0.15) is 0 Å². The SMILES string of the molecule is COC1C[C@@H](N(C)C(=O)Cc2ccc(Cl)c(Cl)c2)C[C@]2(c3cccc(OC(C)=O)c3)CCN(C)C[C@@H]12. The number of likely N-dealkylation sites (N-methyl/N-ethyl adjacent to an activating group) is 1. The van der Waals surface area contributed by atoms with E-state index in [1.54, 1.807) is 19.2 Å². The number of fused-ring (bicyclic) bond motifs is 1. The Bertz CT molecular complexity index is 1130. The van der Waals surface area contributed by atoms with Crippen molar-refractivity contribution >= 4 is 35.1 Å². The lowest BCUT2D eigenvalue weighted by Crippen LogP contribution is -2.61. The number of esters is 1. The molecule has 1 amide bonds. The highest BCUT2D eigenvalue weighted by atomic mass is 35.5. The van der Waals surface area contributed by atoms with Crippen molar-refractivity contribution in [2.45, 2.75) is 50.2 Å². The summed E-state index contributed by atoms with van der Waals surface area (Å²) in [6.45, 7) is 3.26. The molecular weight excluding hydrogens is 499 g/mol. The lowest BCUT2D eigenvalue weighted by molar-refractivity contribution is -0.137. The van der Waals surface area contributed by atoms with Crippen molar-refractivity contribution in [1.82, 2.24) is 9.80 Å². The van der Waals surface area contributed by atoms with Gasteiger partial charge in [0.2, 0.25) is 5.91 Å². The first-order valence-electron chi connectivity index (χ1n) is 12.3. The number of hydrogen-bond donors (Lipinski definition) is 0. The molecule has 2 aromatic carbocycles. The third-order valence-corrected chi connectivity index (χ3v) is 8.70. The zero-order valence-electron chi connectivity index (χ0n) is 21.3. The van der Waals surface area contributed by atoms with Gasteiger partial charge in [-0.15, -0.1) is 0 Å². The van der Waals surface area contributed by atoms with Gasteiger partial charge in [0, 0.05) is 45.0 Å². The summed E-state index contributed by atoms with van der Waals surface area (Å²) in [6, 6.07) is 13.2. The summed E-state index contributed by atoms with van der Waals surface area (Å²) in [5.74, 6) is 0.493. The van der Waals surface area contributed by atoms with Crippen molar-refractivity contribution in [3.8, 4) is 5.75 Å². The summed E-state index contributed by atoms with van der Waals surface area (Å²) in [7, 11) is 5.79. The van der Waals surface area contributed by atoms with Crippen LogP contribution in [0, 0.1) is 5.92 Å². The minimum Gasteiger partial charge on any atom is -0.427 e. The average molecular weight is 533 g/mol. The Morgan fingerprint density at radius 1 is 1.17 bits per heavy atom. The number of carbonyl (C=O) groups excluding carboxylic acids is 2. The van der Waals surface area contributed by atoms with Crippen LogP contribution < -0.4 is 4.74 Å². The second-order valence-corrected chi connectivity index (χ2v) is 11.0. The van der Waals surface area contributed by atoms with E-state index in [0.29, 0.717) is 15.8 Å². The summed E-state index contributed by atoms with van der Waals surface area (Å²) >= 11 is 12.2. The van der Waals surface area contributed by atoms with Gasteiger partial charge in [0.15, 0.2) is 0 Å². The Balaban J connectivity index is 1.64. The first-order valence-corrected chi connectivity index (χ1v) is 13.1. The van der Waals surface area contributed by atoms with E-state index in [2.05, 4.69) is 18.0 Å². The number of halogens is 2. The molecule has 0 spiro atoms. The smallest absolute Gasteiger partial charge is 0.308 e. The number of methoxy groups -OCH3 is 1. The molecule has 0 aromatic heterocycles. The fourth-order valence-electron chi connectivity index (χ4n) is 6.06. The molecule has 1 heterocycles.